The third kappa shape index (κ3) is 7.49. The Morgan fingerprint density at radius 3 is 2.37 bits per heavy atom. The van der Waals surface area contributed by atoms with Gasteiger partial charge < -0.3 is 10.2 Å². The molecule has 2 saturated heterocycles. The predicted octanol–water partition coefficient (Wildman–Crippen LogP) is 7.55. The first-order valence-corrected chi connectivity index (χ1v) is 13.5. The molecule has 2 aliphatic heterocycles. The van der Waals surface area contributed by atoms with E-state index < -0.39 is 11.7 Å². The average molecular weight is 510 g/mol. The highest BCUT2D eigenvalue weighted by molar-refractivity contribution is 7.97. The van der Waals surface area contributed by atoms with Gasteiger partial charge in [-0.2, -0.15) is 18.2 Å². The van der Waals surface area contributed by atoms with Crippen LogP contribution in [0.4, 0.5) is 30.6 Å². The molecule has 0 saturated carbocycles. The maximum atomic E-state index is 13.6. The third-order valence-corrected chi connectivity index (χ3v) is 7.54. The molecule has 9 heteroatoms. The molecule has 2 aromatic rings. The highest BCUT2D eigenvalue weighted by atomic mass is 32.2. The lowest BCUT2D eigenvalue weighted by Crippen LogP contribution is -2.36. The molecule has 1 aromatic heterocycles. The van der Waals surface area contributed by atoms with Gasteiger partial charge in [-0.25, -0.2) is 9.29 Å². The third-order valence-electron chi connectivity index (χ3n) is 6.45. The van der Waals surface area contributed by atoms with E-state index in [1.54, 1.807) is 16.8 Å². The minimum Gasteiger partial charge on any atom is -0.356 e. The van der Waals surface area contributed by atoms with Gasteiger partial charge in [-0.1, -0.05) is 27.7 Å². The number of nitrogens with zero attached hydrogens (tertiary/aromatic N) is 4. The number of nitrogens with one attached hydrogen (secondary N) is 1. The van der Waals surface area contributed by atoms with E-state index in [0.717, 1.165) is 54.2 Å². The van der Waals surface area contributed by atoms with Gasteiger partial charge in [0.05, 0.1) is 0 Å². The van der Waals surface area contributed by atoms with E-state index in [1.165, 1.54) is 12.8 Å². The van der Waals surface area contributed by atoms with Crippen LogP contribution in [0.5, 0.6) is 0 Å². The minimum absolute atomic E-state index is 0.0318. The fraction of sp³-hybridized carbons (Fsp3) is 0.615. The fourth-order valence-electron chi connectivity index (χ4n) is 4.43. The van der Waals surface area contributed by atoms with Crippen molar-refractivity contribution in [2.24, 2.45) is 11.8 Å². The summed E-state index contributed by atoms with van der Waals surface area (Å²) in [5.41, 5.74) is 1.02. The summed E-state index contributed by atoms with van der Waals surface area (Å²) in [6.45, 7) is 13.7. The Morgan fingerprint density at radius 1 is 1.03 bits per heavy atom. The van der Waals surface area contributed by atoms with Crippen LogP contribution in [-0.2, 0) is 6.18 Å². The molecule has 4 rings (SSSR count). The van der Waals surface area contributed by atoms with Crippen molar-refractivity contribution in [3.8, 4) is 0 Å². The Bertz CT molecular complexity index is 960. The Morgan fingerprint density at radius 2 is 1.74 bits per heavy atom. The number of hydrogen-bond acceptors (Lipinski definition) is 6. The first-order chi connectivity index (χ1) is 16.7. The highest BCUT2D eigenvalue weighted by Crippen LogP contribution is 2.37. The van der Waals surface area contributed by atoms with Gasteiger partial charge in [0, 0.05) is 43.0 Å². The molecule has 194 valence electrons. The number of hydrogen-bond donors (Lipinski definition) is 1. The minimum atomic E-state index is -4.49. The number of aromatic nitrogens is 2. The van der Waals surface area contributed by atoms with Gasteiger partial charge >= 0.3 is 6.18 Å². The van der Waals surface area contributed by atoms with E-state index >= 15 is 0 Å². The Labute approximate surface area is 212 Å². The van der Waals surface area contributed by atoms with Gasteiger partial charge in [-0.3, -0.25) is 0 Å². The lowest BCUT2D eigenvalue weighted by Gasteiger charge is -2.33. The molecule has 2 aliphatic rings. The van der Waals surface area contributed by atoms with Crippen LogP contribution in [0, 0.1) is 18.8 Å². The number of anilines is 3. The van der Waals surface area contributed by atoms with Gasteiger partial charge in [0.25, 0.3) is 0 Å². The molecule has 0 bridgehead atoms. The van der Waals surface area contributed by atoms with Crippen molar-refractivity contribution in [1.82, 2.24) is 14.3 Å². The van der Waals surface area contributed by atoms with Crippen LogP contribution >= 0.6 is 11.9 Å². The first kappa shape index (κ1) is 27.6. The second-order valence-corrected chi connectivity index (χ2v) is 10.6. The monoisotopic (exact) mass is 509 g/mol. The van der Waals surface area contributed by atoms with Crippen LogP contribution in [-0.4, -0.2) is 40.5 Å². The molecule has 1 atom stereocenters. The van der Waals surface area contributed by atoms with Crippen LogP contribution in [0.2, 0.25) is 0 Å². The predicted molar refractivity (Wildman–Crippen MR) is 139 cm³/mol. The standard InChI is InChI=1S/C24H32F3N5S.C2H6/c1-16-8-11-32(12-9-16)33-19-6-7-21(18(3)13-19)29-23-28-14-20(24(25,26)27)22(30-23)31-10-4-5-17(2)15-31;1-2/h6-7,13-14,16-17H,4-5,8-12,15H2,1-3H3,(H,28,29,30);1-2H3. The molecular formula is C26H38F3N5S. The smallest absolute Gasteiger partial charge is 0.356 e. The molecule has 0 radical (unpaired) electrons. The summed E-state index contributed by atoms with van der Waals surface area (Å²) in [7, 11) is 0. The van der Waals surface area contributed by atoms with E-state index in [0.29, 0.717) is 19.0 Å². The average Bonchev–Trinajstić information content (AvgIpc) is 2.83. The molecule has 3 heterocycles. The van der Waals surface area contributed by atoms with Gasteiger partial charge in [0.15, 0.2) is 0 Å². The molecule has 0 spiro atoms. The number of halogens is 3. The zero-order valence-corrected chi connectivity index (χ0v) is 22.3. The van der Waals surface area contributed by atoms with Crippen LogP contribution in [0.1, 0.15) is 64.5 Å². The summed E-state index contributed by atoms with van der Waals surface area (Å²) >= 11 is 1.76. The van der Waals surface area contributed by atoms with Crippen LogP contribution in [0.25, 0.3) is 0 Å². The van der Waals surface area contributed by atoms with Crippen molar-refractivity contribution in [3.05, 3.63) is 35.5 Å². The second kappa shape index (κ2) is 12.3. The number of rotatable bonds is 5. The summed E-state index contributed by atoms with van der Waals surface area (Å²) < 4.78 is 43.3. The normalized spacial score (nSPS) is 19.8. The molecule has 35 heavy (non-hydrogen) atoms. The van der Waals surface area contributed by atoms with Crippen molar-refractivity contribution in [2.75, 3.05) is 36.4 Å². The number of piperidine rings is 2. The van der Waals surface area contributed by atoms with E-state index in [9.17, 15) is 13.2 Å². The number of benzene rings is 1. The molecule has 5 nitrogen and oxygen atoms in total. The topological polar surface area (TPSA) is 44.3 Å². The van der Waals surface area contributed by atoms with Crippen molar-refractivity contribution in [1.29, 1.82) is 0 Å². The molecule has 0 aliphatic carbocycles. The lowest BCUT2D eigenvalue weighted by molar-refractivity contribution is -0.137. The SMILES string of the molecule is CC.Cc1cc(SN2CCC(C)CC2)ccc1Nc1ncc(C(F)(F)F)c(N2CCCC(C)C2)n1. The van der Waals surface area contributed by atoms with E-state index in [2.05, 4.69) is 39.5 Å². The lowest BCUT2D eigenvalue weighted by atomic mass is 10.00. The van der Waals surface area contributed by atoms with Crippen molar-refractivity contribution < 1.29 is 13.2 Å². The quantitative estimate of drug-likeness (QED) is 0.420. The summed E-state index contributed by atoms with van der Waals surface area (Å²) in [6, 6.07) is 6.09. The maximum Gasteiger partial charge on any atom is 0.421 e. The van der Waals surface area contributed by atoms with Gasteiger partial charge in [-0.05, 0) is 80.2 Å². The maximum absolute atomic E-state index is 13.6. The van der Waals surface area contributed by atoms with Crippen LogP contribution in [0.15, 0.2) is 29.3 Å². The zero-order chi connectivity index (χ0) is 25.6. The Hall–Kier alpha value is -2.00. The number of alkyl halides is 3. The second-order valence-electron chi connectivity index (χ2n) is 9.43. The Balaban J connectivity index is 0.00000167. The summed E-state index contributed by atoms with van der Waals surface area (Å²) in [5, 5.41) is 3.14. The molecule has 2 fully saturated rings. The molecule has 0 amide bonds. The number of aryl methyl sites for hydroxylation is 1. The molecule has 1 aromatic carbocycles. The van der Waals surface area contributed by atoms with E-state index in [1.807, 2.05) is 32.9 Å². The summed E-state index contributed by atoms with van der Waals surface area (Å²) in [5.74, 6) is 1.28. The first-order valence-electron chi connectivity index (χ1n) is 12.7. The zero-order valence-electron chi connectivity index (χ0n) is 21.5. The summed E-state index contributed by atoms with van der Waals surface area (Å²) in [6.07, 6.45) is 0.730. The van der Waals surface area contributed by atoms with Crippen molar-refractivity contribution in [2.45, 2.75) is 71.4 Å². The van der Waals surface area contributed by atoms with Crippen LogP contribution < -0.4 is 10.2 Å². The van der Waals surface area contributed by atoms with Crippen molar-refractivity contribution in [3.63, 3.8) is 0 Å². The highest BCUT2D eigenvalue weighted by Gasteiger charge is 2.37. The van der Waals surface area contributed by atoms with E-state index in [4.69, 9.17) is 0 Å². The van der Waals surface area contributed by atoms with E-state index in [-0.39, 0.29) is 11.8 Å². The van der Waals surface area contributed by atoms with Gasteiger partial charge in [-0.15, -0.1) is 0 Å². The van der Waals surface area contributed by atoms with Gasteiger partial charge in [0.2, 0.25) is 5.95 Å². The fourth-order valence-corrected chi connectivity index (χ4v) is 5.48. The van der Waals surface area contributed by atoms with Crippen LogP contribution in [0.3, 0.4) is 0 Å². The summed E-state index contributed by atoms with van der Waals surface area (Å²) in [4.78, 5) is 11.2. The van der Waals surface area contributed by atoms with Gasteiger partial charge in [0.1, 0.15) is 11.4 Å². The Kier molecular flexibility index (Phi) is 9.69. The molecule has 1 unspecified atom stereocenters. The van der Waals surface area contributed by atoms with Crippen molar-refractivity contribution >= 4 is 29.4 Å². The molecule has 1 N–H and O–H groups in total. The largest absolute Gasteiger partial charge is 0.421 e. The molecular weight excluding hydrogens is 471 g/mol.